The van der Waals surface area contributed by atoms with E-state index in [4.69, 9.17) is 4.84 Å². The maximum atomic E-state index is 12.2. The number of rotatable bonds is 5. The van der Waals surface area contributed by atoms with Crippen LogP contribution < -0.4 is 11.2 Å². The second-order valence-electron chi connectivity index (χ2n) is 6.09. The van der Waals surface area contributed by atoms with E-state index in [1.165, 1.54) is 4.57 Å². The number of hydrogen-bond acceptors (Lipinski definition) is 5. The van der Waals surface area contributed by atoms with E-state index in [0.717, 1.165) is 16.8 Å². The first-order valence-corrected chi connectivity index (χ1v) is 8.29. The van der Waals surface area contributed by atoms with Crippen LogP contribution in [0, 0.1) is 0 Å². The third-order valence-electron chi connectivity index (χ3n) is 4.25. The van der Waals surface area contributed by atoms with Crippen molar-refractivity contribution in [2.45, 2.75) is 19.1 Å². The molecule has 1 aliphatic heterocycles. The molecule has 1 aliphatic rings. The van der Waals surface area contributed by atoms with Gasteiger partial charge < -0.3 is 10.1 Å². The summed E-state index contributed by atoms with van der Waals surface area (Å²) in [7, 11) is 0. The zero-order valence-electron chi connectivity index (χ0n) is 13.9. The highest BCUT2D eigenvalue weighted by atomic mass is 16.7. The maximum absolute atomic E-state index is 12.2. The van der Waals surface area contributed by atoms with Gasteiger partial charge in [-0.3, -0.25) is 19.9 Å². The number of aromatic nitrogens is 3. The number of aromatic amines is 1. The number of hydroxylamine groups is 1. The average Bonchev–Trinajstić information content (AvgIpc) is 3.24. The summed E-state index contributed by atoms with van der Waals surface area (Å²) in [6.45, 7) is 0.254. The van der Waals surface area contributed by atoms with Crippen molar-refractivity contribution in [2.75, 3.05) is 0 Å². The van der Waals surface area contributed by atoms with Crippen LogP contribution in [-0.2, 0) is 17.8 Å². The third-order valence-corrected chi connectivity index (χ3v) is 4.25. The summed E-state index contributed by atoms with van der Waals surface area (Å²) in [4.78, 5) is 24.5. The highest BCUT2D eigenvalue weighted by Gasteiger charge is 2.22. The van der Waals surface area contributed by atoms with Crippen LogP contribution in [0.15, 0.2) is 65.7 Å². The Morgan fingerprint density at radius 1 is 1.19 bits per heavy atom. The molecule has 3 N–H and O–H groups in total. The van der Waals surface area contributed by atoms with E-state index in [1.54, 1.807) is 18.5 Å². The topological polar surface area (TPSA) is 92.2 Å². The molecule has 1 unspecified atom stereocenters. The molecule has 3 aromatic rings. The molecule has 0 aliphatic carbocycles. The highest BCUT2D eigenvalue weighted by Crippen LogP contribution is 2.23. The largest absolute Gasteiger partial charge is 0.493 e. The van der Waals surface area contributed by atoms with E-state index in [1.807, 2.05) is 42.5 Å². The second-order valence-corrected chi connectivity index (χ2v) is 6.09. The molecule has 0 fully saturated rings. The quantitative estimate of drug-likeness (QED) is 0.653. The van der Waals surface area contributed by atoms with Crippen molar-refractivity contribution in [3.05, 3.63) is 88.2 Å². The van der Waals surface area contributed by atoms with Crippen LogP contribution in [0.2, 0.25) is 0 Å². The van der Waals surface area contributed by atoms with Crippen molar-refractivity contribution in [3.8, 4) is 5.88 Å². The van der Waals surface area contributed by atoms with Crippen molar-refractivity contribution in [2.24, 2.45) is 0 Å². The molecule has 0 saturated carbocycles. The monoisotopic (exact) mass is 350 g/mol. The minimum absolute atomic E-state index is 0.0796. The van der Waals surface area contributed by atoms with Crippen molar-refractivity contribution in [1.82, 2.24) is 20.0 Å². The smallest absolute Gasteiger partial charge is 0.328 e. The Labute approximate surface area is 149 Å². The first kappa shape index (κ1) is 16.2. The van der Waals surface area contributed by atoms with Gasteiger partial charge in [-0.1, -0.05) is 36.4 Å². The Hall–Kier alpha value is -3.32. The Morgan fingerprint density at radius 2 is 2.04 bits per heavy atom. The highest BCUT2D eigenvalue weighted by molar-refractivity contribution is 5.64. The van der Waals surface area contributed by atoms with Crippen LogP contribution in [-0.4, -0.2) is 25.7 Å². The number of aromatic hydroxyl groups is 1. The summed E-state index contributed by atoms with van der Waals surface area (Å²) in [5.74, 6) is -0.0796. The predicted molar refractivity (Wildman–Crippen MR) is 96.2 cm³/mol. The second kappa shape index (κ2) is 6.89. The van der Waals surface area contributed by atoms with Gasteiger partial charge in [0, 0.05) is 18.8 Å². The summed E-state index contributed by atoms with van der Waals surface area (Å²) >= 11 is 0. The summed E-state index contributed by atoms with van der Waals surface area (Å²) in [6.07, 6.45) is 5.32. The SMILES string of the molecule is O=c1[nH]c(CC2C=C(c3ccccc3)NO2)c(O)n1Cc1cccnc1. The first-order chi connectivity index (χ1) is 12.7. The molecule has 132 valence electrons. The van der Waals surface area contributed by atoms with E-state index >= 15 is 0 Å². The number of benzene rings is 1. The molecule has 1 atom stereocenters. The van der Waals surface area contributed by atoms with Gasteiger partial charge in [0.05, 0.1) is 17.9 Å². The summed E-state index contributed by atoms with van der Waals surface area (Å²) in [5, 5.41) is 10.4. The van der Waals surface area contributed by atoms with E-state index in [-0.39, 0.29) is 24.2 Å². The van der Waals surface area contributed by atoms with Gasteiger partial charge >= 0.3 is 5.69 Å². The van der Waals surface area contributed by atoms with Crippen molar-refractivity contribution >= 4 is 5.70 Å². The molecule has 0 spiro atoms. The fourth-order valence-electron chi connectivity index (χ4n) is 2.94. The van der Waals surface area contributed by atoms with E-state index in [2.05, 4.69) is 15.4 Å². The average molecular weight is 350 g/mol. The molecule has 7 nitrogen and oxygen atoms in total. The lowest BCUT2D eigenvalue weighted by molar-refractivity contribution is 0.0511. The molecular weight excluding hydrogens is 332 g/mol. The number of pyridine rings is 1. The van der Waals surface area contributed by atoms with Gasteiger partial charge in [0.15, 0.2) is 0 Å². The maximum Gasteiger partial charge on any atom is 0.328 e. The molecule has 1 aromatic carbocycles. The van der Waals surface area contributed by atoms with Crippen molar-refractivity contribution in [3.63, 3.8) is 0 Å². The van der Waals surface area contributed by atoms with Gasteiger partial charge in [0.1, 0.15) is 6.10 Å². The molecule has 0 saturated heterocycles. The normalized spacial score (nSPS) is 16.3. The fourth-order valence-corrected chi connectivity index (χ4v) is 2.94. The molecule has 7 heteroatoms. The standard InChI is InChI=1S/C19H18N4O3/c24-18-17(21-19(25)23(18)12-13-5-4-8-20-11-13)10-15-9-16(22-26-15)14-6-2-1-3-7-14/h1-9,11,15,22,24H,10,12H2,(H,21,25). The Balaban J connectivity index is 1.52. The Kier molecular flexibility index (Phi) is 4.28. The number of imidazole rings is 1. The molecule has 2 aromatic heterocycles. The van der Waals surface area contributed by atoms with Gasteiger partial charge in [-0.25, -0.2) is 4.79 Å². The van der Waals surface area contributed by atoms with E-state index in [9.17, 15) is 9.90 Å². The van der Waals surface area contributed by atoms with Crippen LogP contribution in [0.4, 0.5) is 0 Å². The Morgan fingerprint density at radius 3 is 2.81 bits per heavy atom. The van der Waals surface area contributed by atoms with Crippen LogP contribution >= 0.6 is 0 Å². The van der Waals surface area contributed by atoms with Crippen molar-refractivity contribution < 1.29 is 9.94 Å². The minimum atomic E-state index is -0.362. The zero-order valence-corrected chi connectivity index (χ0v) is 13.9. The van der Waals surface area contributed by atoms with Crippen LogP contribution in [0.1, 0.15) is 16.8 Å². The minimum Gasteiger partial charge on any atom is -0.493 e. The van der Waals surface area contributed by atoms with Crippen molar-refractivity contribution in [1.29, 1.82) is 0 Å². The van der Waals surface area contributed by atoms with Gasteiger partial charge in [-0.2, -0.15) is 0 Å². The van der Waals surface area contributed by atoms with Crippen LogP contribution in [0.3, 0.4) is 0 Å². The van der Waals surface area contributed by atoms with Gasteiger partial charge in [0.2, 0.25) is 5.88 Å². The number of nitrogens with zero attached hydrogens (tertiary/aromatic N) is 2. The summed E-state index contributed by atoms with van der Waals surface area (Å²) in [6, 6.07) is 13.5. The van der Waals surface area contributed by atoms with Crippen LogP contribution in [0.5, 0.6) is 5.88 Å². The predicted octanol–water partition coefficient (Wildman–Crippen LogP) is 1.81. The molecular formula is C19H18N4O3. The lowest BCUT2D eigenvalue weighted by Gasteiger charge is -2.07. The summed E-state index contributed by atoms with van der Waals surface area (Å²) < 4.78 is 1.29. The van der Waals surface area contributed by atoms with Gasteiger partial charge in [-0.15, -0.1) is 0 Å². The summed E-state index contributed by atoms with van der Waals surface area (Å²) in [5.41, 5.74) is 5.69. The third kappa shape index (κ3) is 3.25. The lowest BCUT2D eigenvalue weighted by atomic mass is 10.1. The number of hydrogen-bond donors (Lipinski definition) is 3. The van der Waals surface area contributed by atoms with E-state index < -0.39 is 0 Å². The molecule has 0 bridgehead atoms. The Bertz CT molecular complexity index is 977. The molecule has 26 heavy (non-hydrogen) atoms. The van der Waals surface area contributed by atoms with Crippen LogP contribution in [0.25, 0.3) is 5.70 Å². The first-order valence-electron chi connectivity index (χ1n) is 8.29. The van der Waals surface area contributed by atoms with Gasteiger partial charge in [0.25, 0.3) is 0 Å². The van der Waals surface area contributed by atoms with E-state index in [0.29, 0.717) is 12.1 Å². The molecule has 0 radical (unpaired) electrons. The van der Waals surface area contributed by atoms with Gasteiger partial charge in [-0.05, 0) is 23.3 Å². The molecule has 4 rings (SSSR count). The number of H-pyrrole nitrogens is 1. The fraction of sp³-hybridized carbons (Fsp3) is 0.158. The molecule has 0 amide bonds. The zero-order chi connectivity index (χ0) is 17.9. The number of nitrogens with one attached hydrogen (secondary N) is 2. The molecule has 3 heterocycles. The lowest BCUT2D eigenvalue weighted by Crippen LogP contribution is -2.17.